The van der Waals surface area contributed by atoms with Gasteiger partial charge in [-0.1, -0.05) is 12.8 Å². The second kappa shape index (κ2) is 8.87. The Balaban J connectivity index is 2.12. The summed E-state index contributed by atoms with van der Waals surface area (Å²) >= 11 is 0. The van der Waals surface area contributed by atoms with Crippen molar-refractivity contribution in [3.63, 3.8) is 0 Å². The summed E-state index contributed by atoms with van der Waals surface area (Å²) in [6, 6.07) is -0.0636. The molecule has 0 heterocycles. The fourth-order valence-corrected chi connectivity index (χ4v) is 2.12. The molecule has 1 saturated carbocycles. The molecule has 0 saturated heterocycles. The molecule has 1 aliphatic carbocycles. The van der Waals surface area contributed by atoms with Crippen molar-refractivity contribution < 1.29 is 14.3 Å². The summed E-state index contributed by atoms with van der Waals surface area (Å²) in [4.78, 5) is 23.3. The van der Waals surface area contributed by atoms with Crippen LogP contribution in [0.1, 0.15) is 32.6 Å². The number of amides is 2. The highest BCUT2D eigenvalue weighted by atomic mass is 16.5. The van der Waals surface area contributed by atoms with Gasteiger partial charge in [0.15, 0.2) is 0 Å². The fraction of sp³-hybridized carbons (Fsp3) is 0.846. The first-order chi connectivity index (χ1) is 9.13. The van der Waals surface area contributed by atoms with Crippen molar-refractivity contribution in [3.8, 4) is 0 Å². The molecule has 110 valence electrons. The van der Waals surface area contributed by atoms with Crippen molar-refractivity contribution in [1.29, 1.82) is 0 Å². The first-order valence-electron chi connectivity index (χ1n) is 6.93. The van der Waals surface area contributed by atoms with Gasteiger partial charge in [0.05, 0.1) is 19.2 Å². The highest BCUT2D eigenvalue weighted by Crippen LogP contribution is 2.17. The molecule has 0 aromatic rings. The molecular weight excluding hydrogens is 246 g/mol. The third-order valence-electron chi connectivity index (χ3n) is 3.29. The molecule has 1 fully saturated rings. The second-order valence-electron chi connectivity index (χ2n) is 4.94. The van der Waals surface area contributed by atoms with Crippen molar-refractivity contribution in [2.24, 2.45) is 0 Å². The van der Waals surface area contributed by atoms with Crippen molar-refractivity contribution in [2.75, 3.05) is 26.8 Å². The maximum absolute atomic E-state index is 11.7. The molecule has 6 heteroatoms. The fourth-order valence-electron chi connectivity index (χ4n) is 2.12. The van der Waals surface area contributed by atoms with Gasteiger partial charge in [-0.05, 0) is 19.8 Å². The standard InChI is InChI=1S/C13H25N3O3/c1-10(13(18)14-7-8-19-2)15-9-12(17)16-11-5-3-4-6-11/h10-11,15H,3-9H2,1-2H3,(H,14,18)(H,16,17). The molecule has 2 amide bonds. The maximum atomic E-state index is 11.7. The molecule has 1 atom stereocenters. The van der Waals surface area contributed by atoms with Crippen LogP contribution in [0.15, 0.2) is 0 Å². The van der Waals surface area contributed by atoms with Crippen LogP contribution >= 0.6 is 0 Å². The SMILES string of the molecule is COCCNC(=O)C(C)NCC(=O)NC1CCCC1. The average Bonchev–Trinajstić information content (AvgIpc) is 2.88. The Morgan fingerprint density at radius 3 is 2.63 bits per heavy atom. The predicted octanol–water partition coefficient (Wildman–Crippen LogP) is -0.214. The van der Waals surface area contributed by atoms with Crippen molar-refractivity contribution >= 4 is 11.8 Å². The molecule has 0 spiro atoms. The third kappa shape index (κ3) is 6.54. The zero-order valence-corrected chi connectivity index (χ0v) is 11.8. The van der Waals surface area contributed by atoms with Gasteiger partial charge in [0, 0.05) is 19.7 Å². The van der Waals surface area contributed by atoms with Gasteiger partial charge < -0.3 is 15.4 Å². The van der Waals surface area contributed by atoms with E-state index in [1.807, 2.05) is 0 Å². The summed E-state index contributed by atoms with van der Waals surface area (Å²) in [7, 11) is 1.58. The summed E-state index contributed by atoms with van der Waals surface area (Å²) in [6.45, 7) is 2.89. The van der Waals surface area contributed by atoms with E-state index in [2.05, 4.69) is 16.0 Å². The predicted molar refractivity (Wildman–Crippen MR) is 72.7 cm³/mol. The van der Waals surface area contributed by atoms with Gasteiger partial charge in [0.25, 0.3) is 0 Å². The lowest BCUT2D eigenvalue weighted by atomic mass is 10.2. The summed E-state index contributed by atoms with van der Waals surface area (Å²) < 4.78 is 4.85. The summed E-state index contributed by atoms with van der Waals surface area (Å²) in [5.41, 5.74) is 0. The van der Waals surface area contributed by atoms with E-state index < -0.39 is 0 Å². The van der Waals surface area contributed by atoms with Gasteiger partial charge in [-0.15, -0.1) is 0 Å². The topological polar surface area (TPSA) is 79.5 Å². The van der Waals surface area contributed by atoms with Crippen LogP contribution in [-0.2, 0) is 14.3 Å². The number of hydrogen-bond acceptors (Lipinski definition) is 4. The molecule has 0 aliphatic heterocycles. The minimum atomic E-state index is -0.383. The molecule has 0 bridgehead atoms. The molecule has 0 radical (unpaired) electrons. The van der Waals surface area contributed by atoms with Crippen LogP contribution < -0.4 is 16.0 Å². The van der Waals surface area contributed by atoms with E-state index in [4.69, 9.17) is 4.74 Å². The lowest BCUT2D eigenvalue weighted by molar-refractivity contribution is -0.123. The van der Waals surface area contributed by atoms with Crippen LogP contribution in [0.5, 0.6) is 0 Å². The molecule has 6 nitrogen and oxygen atoms in total. The zero-order chi connectivity index (χ0) is 14.1. The van der Waals surface area contributed by atoms with Crippen LogP contribution in [0.4, 0.5) is 0 Å². The van der Waals surface area contributed by atoms with Crippen LogP contribution in [0, 0.1) is 0 Å². The Morgan fingerprint density at radius 1 is 1.32 bits per heavy atom. The number of ether oxygens (including phenoxy) is 1. The molecular formula is C13H25N3O3. The number of carbonyl (C=O) groups is 2. The highest BCUT2D eigenvalue weighted by molar-refractivity contribution is 5.83. The number of hydrogen-bond donors (Lipinski definition) is 3. The number of methoxy groups -OCH3 is 1. The Labute approximate surface area is 114 Å². The van der Waals surface area contributed by atoms with Gasteiger partial charge in [0.2, 0.25) is 11.8 Å². The van der Waals surface area contributed by atoms with E-state index in [1.54, 1.807) is 14.0 Å². The van der Waals surface area contributed by atoms with Crippen LogP contribution in [0.25, 0.3) is 0 Å². The van der Waals surface area contributed by atoms with Gasteiger partial charge >= 0.3 is 0 Å². The van der Waals surface area contributed by atoms with Gasteiger partial charge in [-0.3, -0.25) is 14.9 Å². The van der Waals surface area contributed by atoms with Crippen molar-refractivity contribution in [3.05, 3.63) is 0 Å². The number of nitrogens with one attached hydrogen (secondary N) is 3. The number of carbonyl (C=O) groups excluding carboxylic acids is 2. The zero-order valence-electron chi connectivity index (χ0n) is 11.8. The minimum absolute atomic E-state index is 0.0385. The Kier molecular flexibility index (Phi) is 7.43. The van der Waals surface area contributed by atoms with Crippen molar-refractivity contribution in [1.82, 2.24) is 16.0 Å². The van der Waals surface area contributed by atoms with E-state index in [-0.39, 0.29) is 24.4 Å². The monoisotopic (exact) mass is 271 g/mol. The Morgan fingerprint density at radius 2 is 2.00 bits per heavy atom. The highest BCUT2D eigenvalue weighted by Gasteiger charge is 2.18. The van der Waals surface area contributed by atoms with Gasteiger partial charge in [0.1, 0.15) is 0 Å². The van der Waals surface area contributed by atoms with E-state index in [0.717, 1.165) is 12.8 Å². The first-order valence-corrected chi connectivity index (χ1v) is 6.93. The van der Waals surface area contributed by atoms with Crippen LogP contribution in [0.3, 0.4) is 0 Å². The quantitative estimate of drug-likeness (QED) is 0.534. The van der Waals surface area contributed by atoms with Crippen LogP contribution in [-0.4, -0.2) is 50.7 Å². The minimum Gasteiger partial charge on any atom is -0.383 e. The molecule has 1 rings (SSSR count). The Bertz CT molecular complexity index is 291. The van der Waals surface area contributed by atoms with Gasteiger partial charge in [-0.25, -0.2) is 0 Å². The summed E-state index contributed by atoms with van der Waals surface area (Å²) in [5.74, 6) is -0.158. The second-order valence-corrected chi connectivity index (χ2v) is 4.94. The molecule has 0 aromatic heterocycles. The maximum Gasteiger partial charge on any atom is 0.236 e. The van der Waals surface area contributed by atoms with Crippen LogP contribution in [0.2, 0.25) is 0 Å². The summed E-state index contributed by atoms with van der Waals surface area (Å²) in [5, 5.41) is 8.61. The lowest BCUT2D eigenvalue weighted by Gasteiger charge is -2.15. The van der Waals surface area contributed by atoms with Gasteiger partial charge in [-0.2, -0.15) is 0 Å². The molecule has 0 aromatic carbocycles. The first kappa shape index (κ1) is 15.9. The van der Waals surface area contributed by atoms with E-state index in [9.17, 15) is 9.59 Å². The van der Waals surface area contributed by atoms with E-state index in [1.165, 1.54) is 12.8 Å². The summed E-state index contributed by atoms with van der Waals surface area (Å²) in [6.07, 6.45) is 4.52. The molecule has 1 aliphatic rings. The normalized spacial score (nSPS) is 17.2. The molecule has 19 heavy (non-hydrogen) atoms. The average molecular weight is 271 g/mol. The molecule has 3 N–H and O–H groups in total. The smallest absolute Gasteiger partial charge is 0.236 e. The Hall–Kier alpha value is -1.14. The number of rotatable bonds is 8. The lowest BCUT2D eigenvalue weighted by Crippen LogP contribution is -2.47. The third-order valence-corrected chi connectivity index (χ3v) is 3.29. The molecule has 1 unspecified atom stereocenters. The largest absolute Gasteiger partial charge is 0.383 e. The van der Waals surface area contributed by atoms with E-state index >= 15 is 0 Å². The van der Waals surface area contributed by atoms with E-state index in [0.29, 0.717) is 19.2 Å². The van der Waals surface area contributed by atoms with Crippen molar-refractivity contribution in [2.45, 2.75) is 44.7 Å².